The summed E-state index contributed by atoms with van der Waals surface area (Å²) in [4.78, 5) is 0. The van der Waals surface area contributed by atoms with Crippen LogP contribution in [-0.4, -0.2) is 23.3 Å². The van der Waals surface area contributed by atoms with E-state index in [4.69, 9.17) is 14.8 Å². The first-order valence-electron chi connectivity index (χ1n) is 5.97. The van der Waals surface area contributed by atoms with Gasteiger partial charge in [0.1, 0.15) is 0 Å². The van der Waals surface area contributed by atoms with Crippen molar-refractivity contribution in [2.45, 2.75) is 32.0 Å². The van der Waals surface area contributed by atoms with Crippen molar-refractivity contribution in [1.82, 2.24) is 0 Å². The van der Waals surface area contributed by atoms with Crippen molar-refractivity contribution in [1.29, 1.82) is 0 Å². The van der Waals surface area contributed by atoms with Gasteiger partial charge in [0, 0.05) is 0 Å². The number of rotatable bonds is 4. The zero-order chi connectivity index (χ0) is 12.1. The molecule has 2 rings (SSSR count). The van der Waals surface area contributed by atoms with E-state index in [-0.39, 0.29) is 0 Å². The van der Waals surface area contributed by atoms with E-state index in [0.29, 0.717) is 18.2 Å². The van der Waals surface area contributed by atoms with Gasteiger partial charge in [-0.05, 0) is 30.3 Å². The first-order chi connectivity index (χ1) is 8.25. The Morgan fingerprint density at radius 3 is 2.53 bits per heavy atom. The molecule has 17 heavy (non-hydrogen) atoms. The number of ether oxygens (including phenoxy) is 1. The van der Waals surface area contributed by atoms with E-state index < -0.39 is 7.12 Å². The van der Waals surface area contributed by atoms with Crippen LogP contribution in [0.4, 0.5) is 0 Å². The summed E-state index contributed by atoms with van der Waals surface area (Å²) in [5, 5.41) is 17.9. The molecule has 0 heterocycles. The van der Waals surface area contributed by atoms with E-state index in [1.165, 1.54) is 0 Å². The highest BCUT2D eigenvalue weighted by Crippen LogP contribution is 2.15. The number of hydrogen-bond acceptors (Lipinski definition) is 3. The summed E-state index contributed by atoms with van der Waals surface area (Å²) in [6, 6.07) is 7.16. The average Bonchev–Trinajstić information content (AvgIpc) is 2.38. The molecule has 0 aromatic heterocycles. The first kappa shape index (κ1) is 12.4. The van der Waals surface area contributed by atoms with Gasteiger partial charge in [-0.1, -0.05) is 36.4 Å². The average molecular weight is 232 g/mol. The first-order valence-corrected chi connectivity index (χ1v) is 5.97. The minimum Gasteiger partial charge on any atom is -0.423 e. The Balaban J connectivity index is 1.84. The molecule has 0 aliphatic heterocycles. The van der Waals surface area contributed by atoms with Crippen LogP contribution in [0.5, 0.6) is 0 Å². The molecular formula is C13H17BO3. The molecule has 0 fully saturated rings. The minimum atomic E-state index is -1.39. The van der Waals surface area contributed by atoms with Crippen LogP contribution in [0, 0.1) is 0 Å². The highest BCUT2D eigenvalue weighted by atomic mass is 16.5. The van der Waals surface area contributed by atoms with Gasteiger partial charge in [0.2, 0.25) is 0 Å². The van der Waals surface area contributed by atoms with E-state index in [1.807, 2.05) is 12.1 Å². The summed E-state index contributed by atoms with van der Waals surface area (Å²) in [6.07, 6.45) is 7.86. The van der Waals surface area contributed by atoms with Crippen molar-refractivity contribution >= 4 is 12.6 Å². The van der Waals surface area contributed by atoms with Crippen molar-refractivity contribution in [3.63, 3.8) is 0 Å². The lowest BCUT2D eigenvalue weighted by molar-refractivity contribution is 0.0352. The molecule has 1 aliphatic carbocycles. The predicted octanol–water partition coefficient (Wildman–Crippen LogP) is 0.992. The maximum Gasteiger partial charge on any atom is 0.488 e. The minimum absolute atomic E-state index is 0.322. The molecule has 1 unspecified atom stereocenters. The Morgan fingerprint density at radius 2 is 1.94 bits per heavy atom. The Labute approximate surface area is 102 Å². The molecule has 1 aromatic carbocycles. The Bertz CT molecular complexity index is 373. The van der Waals surface area contributed by atoms with Crippen molar-refractivity contribution < 1.29 is 14.8 Å². The normalized spacial score (nSPS) is 19.3. The Morgan fingerprint density at radius 1 is 1.18 bits per heavy atom. The SMILES string of the molecule is OB(O)c1ccc(COC2CC=CCC2)cc1. The zero-order valence-corrected chi connectivity index (χ0v) is 9.75. The topological polar surface area (TPSA) is 49.7 Å². The highest BCUT2D eigenvalue weighted by Gasteiger charge is 2.12. The van der Waals surface area contributed by atoms with Gasteiger partial charge in [0.05, 0.1) is 12.7 Å². The van der Waals surface area contributed by atoms with Crippen LogP contribution in [0.3, 0.4) is 0 Å². The maximum absolute atomic E-state index is 8.97. The maximum atomic E-state index is 8.97. The van der Waals surface area contributed by atoms with Crippen LogP contribution in [-0.2, 0) is 11.3 Å². The van der Waals surface area contributed by atoms with Crippen molar-refractivity contribution in [2.75, 3.05) is 0 Å². The lowest BCUT2D eigenvalue weighted by atomic mass is 9.80. The van der Waals surface area contributed by atoms with Crippen molar-refractivity contribution in [3.05, 3.63) is 42.0 Å². The summed E-state index contributed by atoms with van der Waals surface area (Å²) in [5.41, 5.74) is 1.57. The fourth-order valence-electron chi connectivity index (χ4n) is 1.92. The molecule has 0 amide bonds. The monoisotopic (exact) mass is 232 g/mol. The van der Waals surface area contributed by atoms with Gasteiger partial charge in [-0.25, -0.2) is 0 Å². The van der Waals surface area contributed by atoms with Crippen LogP contribution >= 0.6 is 0 Å². The van der Waals surface area contributed by atoms with Crippen LogP contribution in [0.1, 0.15) is 24.8 Å². The lowest BCUT2D eigenvalue weighted by Crippen LogP contribution is -2.29. The molecule has 0 spiro atoms. The summed E-state index contributed by atoms with van der Waals surface area (Å²) >= 11 is 0. The van der Waals surface area contributed by atoms with E-state index in [1.54, 1.807) is 12.1 Å². The molecule has 90 valence electrons. The fraction of sp³-hybridized carbons (Fsp3) is 0.385. The summed E-state index contributed by atoms with van der Waals surface area (Å²) in [7, 11) is -1.39. The van der Waals surface area contributed by atoms with Gasteiger partial charge >= 0.3 is 7.12 Å². The van der Waals surface area contributed by atoms with E-state index >= 15 is 0 Å². The largest absolute Gasteiger partial charge is 0.488 e. The smallest absolute Gasteiger partial charge is 0.423 e. The third kappa shape index (κ3) is 3.70. The molecule has 0 saturated heterocycles. The molecule has 0 radical (unpaired) electrons. The van der Waals surface area contributed by atoms with E-state index in [2.05, 4.69) is 12.2 Å². The van der Waals surface area contributed by atoms with Crippen LogP contribution in [0.15, 0.2) is 36.4 Å². The standard InChI is InChI=1S/C13H17BO3/c15-14(16)12-8-6-11(7-9-12)10-17-13-4-2-1-3-5-13/h1-2,6-9,13,15-16H,3-5,10H2. The molecule has 1 aliphatic rings. The van der Waals surface area contributed by atoms with E-state index in [9.17, 15) is 0 Å². The number of hydrogen-bond donors (Lipinski definition) is 2. The summed E-state index contributed by atoms with van der Waals surface area (Å²) in [5.74, 6) is 0. The second-order valence-corrected chi connectivity index (χ2v) is 4.33. The molecular weight excluding hydrogens is 215 g/mol. The van der Waals surface area contributed by atoms with Gasteiger partial charge in [0.15, 0.2) is 0 Å². The predicted molar refractivity (Wildman–Crippen MR) is 67.8 cm³/mol. The molecule has 3 nitrogen and oxygen atoms in total. The molecule has 1 atom stereocenters. The quantitative estimate of drug-likeness (QED) is 0.601. The molecule has 2 N–H and O–H groups in total. The van der Waals surface area contributed by atoms with E-state index in [0.717, 1.165) is 24.8 Å². The molecule has 4 heteroatoms. The number of benzene rings is 1. The van der Waals surface area contributed by atoms with Gasteiger partial charge in [0.25, 0.3) is 0 Å². The Hall–Kier alpha value is -1.10. The van der Waals surface area contributed by atoms with Crippen molar-refractivity contribution in [3.8, 4) is 0 Å². The van der Waals surface area contributed by atoms with Crippen LogP contribution < -0.4 is 5.46 Å². The second-order valence-electron chi connectivity index (χ2n) is 4.33. The number of allylic oxidation sites excluding steroid dienone is 1. The summed E-state index contributed by atoms with van der Waals surface area (Å²) < 4.78 is 5.79. The van der Waals surface area contributed by atoms with Gasteiger partial charge in [-0.3, -0.25) is 0 Å². The Kier molecular flexibility index (Phi) is 4.37. The van der Waals surface area contributed by atoms with Gasteiger partial charge in [-0.15, -0.1) is 0 Å². The summed E-state index contributed by atoms with van der Waals surface area (Å²) in [6.45, 7) is 0.584. The lowest BCUT2D eigenvalue weighted by Gasteiger charge is -2.18. The highest BCUT2D eigenvalue weighted by molar-refractivity contribution is 6.58. The van der Waals surface area contributed by atoms with Crippen molar-refractivity contribution in [2.24, 2.45) is 0 Å². The fourth-order valence-corrected chi connectivity index (χ4v) is 1.92. The third-order valence-electron chi connectivity index (χ3n) is 2.98. The van der Waals surface area contributed by atoms with Gasteiger partial charge in [-0.2, -0.15) is 0 Å². The van der Waals surface area contributed by atoms with Crippen LogP contribution in [0.2, 0.25) is 0 Å². The van der Waals surface area contributed by atoms with Gasteiger partial charge < -0.3 is 14.8 Å². The van der Waals surface area contributed by atoms with Crippen LogP contribution in [0.25, 0.3) is 0 Å². The second kappa shape index (κ2) is 6.01. The zero-order valence-electron chi connectivity index (χ0n) is 9.75. The third-order valence-corrected chi connectivity index (χ3v) is 2.98. The molecule has 0 bridgehead atoms. The molecule has 1 aromatic rings. The molecule has 0 saturated carbocycles.